The maximum absolute atomic E-state index is 5.53. The first-order chi connectivity index (χ1) is 8.56. The van der Waals surface area contributed by atoms with Gasteiger partial charge in [-0.1, -0.05) is 0 Å². The molecule has 0 saturated heterocycles. The van der Waals surface area contributed by atoms with Crippen LogP contribution in [0.3, 0.4) is 0 Å². The van der Waals surface area contributed by atoms with Gasteiger partial charge in [0.2, 0.25) is 0 Å². The summed E-state index contributed by atoms with van der Waals surface area (Å²) in [6, 6.07) is 0. The van der Waals surface area contributed by atoms with Gasteiger partial charge in [0.05, 0.1) is 13.2 Å². The zero-order chi connectivity index (χ0) is 13.7. The third kappa shape index (κ3) is 15.8. The minimum Gasteiger partial charge on any atom is -0.382 e. The minimum atomic E-state index is 0.223. The summed E-state index contributed by atoms with van der Waals surface area (Å²) in [4.78, 5) is 0. The fraction of sp³-hybridized carbons (Fsp3) is 1.00. The van der Waals surface area contributed by atoms with E-state index in [0.29, 0.717) is 13.2 Å². The van der Waals surface area contributed by atoms with E-state index in [0.717, 1.165) is 39.2 Å². The van der Waals surface area contributed by atoms with Gasteiger partial charge in [0, 0.05) is 32.5 Å². The molecule has 0 fully saturated rings. The van der Waals surface area contributed by atoms with E-state index in [1.165, 1.54) is 6.42 Å². The number of methoxy groups -OCH3 is 1. The maximum Gasteiger partial charge on any atom is 0.0700 e. The van der Waals surface area contributed by atoms with Crippen molar-refractivity contribution < 1.29 is 14.2 Å². The van der Waals surface area contributed by atoms with Crippen molar-refractivity contribution >= 4 is 0 Å². The Kier molecular flexibility index (Phi) is 11.8. The lowest BCUT2D eigenvalue weighted by Gasteiger charge is -2.20. The number of rotatable bonds is 12. The zero-order valence-corrected chi connectivity index (χ0v) is 12.6. The van der Waals surface area contributed by atoms with Crippen molar-refractivity contribution in [2.75, 3.05) is 46.7 Å². The van der Waals surface area contributed by atoms with E-state index in [9.17, 15) is 0 Å². The topological polar surface area (TPSA) is 39.7 Å². The van der Waals surface area contributed by atoms with Crippen molar-refractivity contribution in [1.29, 1.82) is 0 Å². The highest BCUT2D eigenvalue weighted by Crippen LogP contribution is 1.99. The molecule has 0 atom stereocenters. The molecule has 0 aliphatic heterocycles. The molecule has 0 aromatic carbocycles. The third-order valence-corrected chi connectivity index (χ3v) is 2.38. The highest BCUT2D eigenvalue weighted by Gasteiger charge is 2.06. The molecule has 0 bridgehead atoms. The molecule has 4 nitrogen and oxygen atoms in total. The largest absolute Gasteiger partial charge is 0.382 e. The molecular weight excluding hydrogens is 230 g/mol. The fourth-order valence-corrected chi connectivity index (χ4v) is 1.40. The maximum atomic E-state index is 5.53. The van der Waals surface area contributed by atoms with E-state index in [1.807, 2.05) is 0 Å². The van der Waals surface area contributed by atoms with Gasteiger partial charge in [0.1, 0.15) is 0 Å². The van der Waals surface area contributed by atoms with Crippen molar-refractivity contribution in [2.24, 2.45) is 0 Å². The number of ether oxygens (including phenoxy) is 3. The van der Waals surface area contributed by atoms with Gasteiger partial charge in [0.15, 0.2) is 0 Å². The zero-order valence-electron chi connectivity index (χ0n) is 12.6. The van der Waals surface area contributed by atoms with Crippen LogP contribution in [-0.4, -0.2) is 52.2 Å². The van der Waals surface area contributed by atoms with Gasteiger partial charge in [-0.05, 0) is 46.6 Å². The summed E-state index contributed by atoms with van der Waals surface area (Å²) in [5.41, 5.74) is 0.223. The quantitative estimate of drug-likeness (QED) is 0.547. The number of hydrogen-bond donors (Lipinski definition) is 1. The molecule has 0 rings (SSSR count). The van der Waals surface area contributed by atoms with Crippen LogP contribution < -0.4 is 5.32 Å². The molecule has 0 radical (unpaired) electrons. The Balaban J connectivity index is 2.99. The van der Waals surface area contributed by atoms with E-state index >= 15 is 0 Å². The summed E-state index contributed by atoms with van der Waals surface area (Å²) < 4.78 is 15.8. The van der Waals surface area contributed by atoms with E-state index in [1.54, 1.807) is 7.11 Å². The lowest BCUT2D eigenvalue weighted by Crippen LogP contribution is -2.36. The van der Waals surface area contributed by atoms with Gasteiger partial charge in [-0.2, -0.15) is 0 Å². The van der Waals surface area contributed by atoms with Crippen LogP contribution in [0.1, 0.15) is 40.0 Å². The van der Waals surface area contributed by atoms with Crippen molar-refractivity contribution in [1.82, 2.24) is 5.32 Å². The van der Waals surface area contributed by atoms with E-state index in [2.05, 4.69) is 26.1 Å². The average Bonchev–Trinajstić information content (AvgIpc) is 2.29. The molecule has 0 aromatic heterocycles. The Morgan fingerprint density at radius 3 is 2.00 bits per heavy atom. The summed E-state index contributed by atoms with van der Waals surface area (Å²) in [6.45, 7) is 11.4. The molecule has 0 aromatic rings. The third-order valence-electron chi connectivity index (χ3n) is 2.38. The first kappa shape index (κ1) is 17.8. The van der Waals surface area contributed by atoms with E-state index < -0.39 is 0 Å². The minimum absolute atomic E-state index is 0.223. The molecule has 4 heteroatoms. The molecule has 1 N–H and O–H groups in total. The van der Waals surface area contributed by atoms with Gasteiger partial charge in [-0.3, -0.25) is 0 Å². The Labute approximate surface area is 112 Å². The second-order valence-electron chi connectivity index (χ2n) is 5.45. The number of nitrogens with one attached hydrogen (secondary N) is 1. The van der Waals surface area contributed by atoms with Crippen LogP contribution in [-0.2, 0) is 14.2 Å². The Hall–Kier alpha value is -0.160. The summed E-state index contributed by atoms with van der Waals surface area (Å²) in [6.07, 6.45) is 3.25. The lowest BCUT2D eigenvalue weighted by atomic mass is 10.1. The summed E-state index contributed by atoms with van der Waals surface area (Å²) in [5, 5.41) is 3.47. The number of hydrogen-bond acceptors (Lipinski definition) is 4. The Bertz CT molecular complexity index is 169. The molecule has 0 amide bonds. The van der Waals surface area contributed by atoms with Crippen LogP contribution in [0.2, 0.25) is 0 Å². The summed E-state index contributed by atoms with van der Waals surface area (Å²) in [7, 11) is 1.68. The van der Waals surface area contributed by atoms with Gasteiger partial charge in [-0.25, -0.2) is 0 Å². The molecule has 110 valence electrons. The molecule has 0 spiro atoms. The van der Waals surface area contributed by atoms with E-state index in [4.69, 9.17) is 14.2 Å². The molecular formula is C14H31NO3. The van der Waals surface area contributed by atoms with Crippen LogP contribution in [0.25, 0.3) is 0 Å². The fourth-order valence-electron chi connectivity index (χ4n) is 1.40. The first-order valence-corrected chi connectivity index (χ1v) is 6.96. The first-order valence-electron chi connectivity index (χ1n) is 6.96. The predicted octanol–water partition coefficient (Wildman–Crippen LogP) is 2.22. The smallest absolute Gasteiger partial charge is 0.0700 e. The average molecular weight is 261 g/mol. The van der Waals surface area contributed by atoms with Crippen LogP contribution in [0, 0.1) is 0 Å². The monoisotopic (exact) mass is 261 g/mol. The molecule has 0 saturated carbocycles. The standard InChI is InChI=1S/C14H31NO3/c1-14(2,3)15-8-5-6-9-17-10-7-11-18-13-12-16-4/h15H,5-13H2,1-4H3. The SMILES string of the molecule is COCCOCCCOCCCCNC(C)(C)C. The van der Waals surface area contributed by atoms with Crippen LogP contribution in [0.4, 0.5) is 0 Å². The highest BCUT2D eigenvalue weighted by atomic mass is 16.5. The van der Waals surface area contributed by atoms with Crippen LogP contribution >= 0.6 is 0 Å². The van der Waals surface area contributed by atoms with Gasteiger partial charge in [-0.15, -0.1) is 0 Å². The Morgan fingerprint density at radius 1 is 0.778 bits per heavy atom. The van der Waals surface area contributed by atoms with Crippen molar-refractivity contribution in [2.45, 2.75) is 45.6 Å². The van der Waals surface area contributed by atoms with Crippen LogP contribution in [0.15, 0.2) is 0 Å². The van der Waals surface area contributed by atoms with Gasteiger partial charge < -0.3 is 19.5 Å². The molecule has 0 aliphatic rings. The highest BCUT2D eigenvalue weighted by molar-refractivity contribution is 4.69. The summed E-state index contributed by atoms with van der Waals surface area (Å²) >= 11 is 0. The molecule has 0 unspecified atom stereocenters. The van der Waals surface area contributed by atoms with Crippen LogP contribution in [0.5, 0.6) is 0 Å². The number of unbranched alkanes of at least 4 members (excludes halogenated alkanes) is 1. The van der Waals surface area contributed by atoms with Crippen molar-refractivity contribution in [3.05, 3.63) is 0 Å². The molecule has 0 heterocycles. The van der Waals surface area contributed by atoms with E-state index in [-0.39, 0.29) is 5.54 Å². The normalized spacial score (nSPS) is 12.0. The van der Waals surface area contributed by atoms with Crippen molar-refractivity contribution in [3.63, 3.8) is 0 Å². The summed E-state index contributed by atoms with van der Waals surface area (Å²) in [5.74, 6) is 0. The molecule has 18 heavy (non-hydrogen) atoms. The molecule has 0 aliphatic carbocycles. The van der Waals surface area contributed by atoms with Crippen molar-refractivity contribution in [3.8, 4) is 0 Å². The van der Waals surface area contributed by atoms with Gasteiger partial charge >= 0.3 is 0 Å². The second kappa shape index (κ2) is 11.9. The lowest BCUT2D eigenvalue weighted by molar-refractivity contribution is 0.0508. The predicted molar refractivity (Wildman–Crippen MR) is 75.1 cm³/mol. The Morgan fingerprint density at radius 2 is 1.39 bits per heavy atom. The van der Waals surface area contributed by atoms with Gasteiger partial charge in [0.25, 0.3) is 0 Å². The second-order valence-corrected chi connectivity index (χ2v) is 5.45.